The number of hydrogen-bond donors (Lipinski definition) is 2. The lowest BCUT2D eigenvalue weighted by Gasteiger charge is -2.27. The Labute approximate surface area is 125 Å². The number of amides is 1. The predicted molar refractivity (Wildman–Crippen MR) is 80.9 cm³/mol. The van der Waals surface area contributed by atoms with Gasteiger partial charge in [0, 0.05) is 12.2 Å². The molecule has 0 bridgehead atoms. The summed E-state index contributed by atoms with van der Waals surface area (Å²) in [4.78, 5) is 24.1. The third-order valence-corrected chi connectivity index (χ3v) is 3.81. The van der Waals surface area contributed by atoms with E-state index in [9.17, 15) is 9.59 Å². The standard InChI is InChI=1S/C16H22N2O3/c1-10(2)14(16(20)21-3)18-15(19)12-8-11-6-4-5-7-13(11)17-9-12/h4-7,10,12,14,17H,8-9H2,1-3H3,(H,18,19). The molecule has 0 saturated carbocycles. The number of carbonyl (C=O) groups is 2. The Morgan fingerprint density at radius 1 is 1.33 bits per heavy atom. The van der Waals surface area contributed by atoms with Gasteiger partial charge in [-0.25, -0.2) is 4.79 Å². The van der Waals surface area contributed by atoms with Crippen molar-refractivity contribution in [1.29, 1.82) is 0 Å². The Kier molecular flexibility index (Phi) is 4.83. The number of benzene rings is 1. The number of rotatable bonds is 4. The van der Waals surface area contributed by atoms with E-state index < -0.39 is 12.0 Å². The van der Waals surface area contributed by atoms with Gasteiger partial charge in [-0.2, -0.15) is 0 Å². The van der Waals surface area contributed by atoms with E-state index in [1.807, 2.05) is 38.1 Å². The summed E-state index contributed by atoms with van der Waals surface area (Å²) in [7, 11) is 1.34. The van der Waals surface area contributed by atoms with Crippen molar-refractivity contribution >= 4 is 17.6 Å². The van der Waals surface area contributed by atoms with Gasteiger partial charge in [0.2, 0.25) is 5.91 Å². The van der Waals surface area contributed by atoms with Crippen LogP contribution in [0.3, 0.4) is 0 Å². The maximum atomic E-state index is 12.4. The van der Waals surface area contributed by atoms with E-state index in [4.69, 9.17) is 4.74 Å². The maximum absolute atomic E-state index is 12.4. The summed E-state index contributed by atoms with van der Waals surface area (Å²) in [6.45, 7) is 4.35. The molecule has 2 N–H and O–H groups in total. The highest BCUT2D eigenvalue weighted by Crippen LogP contribution is 2.24. The van der Waals surface area contributed by atoms with Crippen LogP contribution in [0.4, 0.5) is 5.69 Å². The van der Waals surface area contributed by atoms with E-state index in [1.54, 1.807) is 0 Å². The first-order valence-electron chi connectivity index (χ1n) is 7.23. The number of fused-ring (bicyclic) bond motifs is 1. The molecule has 2 rings (SSSR count). The van der Waals surface area contributed by atoms with Crippen LogP contribution >= 0.6 is 0 Å². The quantitative estimate of drug-likeness (QED) is 0.826. The van der Waals surface area contributed by atoms with Crippen molar-refractivity contribution in [2.45, 2.75) is 26.3 Å². The zero-order chi connectivity index (χ0) is 15.4. The predicted octanol–water partition coefficient (Wildman–Crippen LogP) is 1.58. The molecule has 0 saturated heterocycles. The van der Waals surface area contributed by atoms with Crippen LogP contribution in [0.2, 0.25) is 0 Å². The third kappa shape index (κ3) is 3.54. The fourth-order valence-electron chi connectivity index (χ4n) is 2.52. The molecule has 1 heterocycles. The van der Waals surface area contributed by atoms with Crippen LogP contribution in [-0.4, -0.2) is 31.6 Å². The fraction of sp³-hybridized carbons (Fsp3) is 0.500. The van der Waals surface area contributed by atoms with Crippen LogP contribution in [0.5, 0.6) is 0 Å². The van der Waals surface area contributed by atoms with Gasteiger partial charge in [0.05, 0.1) is 13.0 Å². The molecule has 0 aliphatic carbocycles. The molecule has 1 aliphatic heterocycles. The van der Waals surface area contributed by atoms with Crippen molar-refractivity contribution in [3.05, 3.63) is 29.8 Å². The zero-order valence-electron chi connectivity index (χ0n) is 12.7. The van der Waals surface area contributed by atoms with Crippen LogP contribution in [0, 0.1) is 11.8 Å². The van der Waals surface area contributed by atoms with Crippen LogP contribution in [0.25, 0.3) is 0 Å². The highest BCUT2D eigenvalue weighted by molar-refractivity contribution is 5.86. The highest BCUT2D eigenvalue weighted by Gasteiger charge is 2.30. The third-order valence-electron chi connectivity index (χ3n) is 3.81. The number of ether oxygens (including phenoxy) is 1. The topological polar surface area (TPSA) is 67.4 Å². The number of nitrogens with one attached hydrogen (secondary N) is 2. The molecular weight excluding hydrogens is 268 g/mol. The van der Waals surface area contributed by atoms with Gasteiger partial charge in [0.15, 0.2) is 0 Å². The van der Waals surface area contributed by atoms with Gasteiger partial charge in [-0.1, -0.05) is 32.0 Å². The largest absolute Gasteiger partial charge is 0.467 e. The minimum absolute atomic E-state index is 0.00904. The van der Waals surface area contributed by atoms with Crippen molar-refractivity contribution in [2.75, 3.05) is 19.0 Å². The van der Waals surface area contributed by atoms with Crippen LogP contribution < -0.4 is 10.6 Å². The monoisotopic (exact) mass is 290 g/mol. The van der Waals surface area contributed by atoms with Gasteiger partial charge in [0.25, 0.3) is 0 Å². The second-order valence-electron chi connectivity index (χ2n) is 5.69. The van der Waals surface area contributed by atoms with Crippen molar-refractivity contribution in [3.63, 3.8) is 0 Å². The molecule has 0 spiro atoms. The lowest BCUT2D eigenvalue weighted by Crippen LogP contribution is -2.49. The van der Waals surface area contributed by atoms with Crippen LogP contribution in [0.1, 0.15) is 19.4 Å². The number of anilines is 1. The molecule has 5 nitrogen and oxygen atoms in total. The summed E-state index contributed by atoms with van der Waals surface area (Å²) in [5, 5.41) is 6.08. The molecule has 114 valence electrons. The molecule has 2 unspecified atom stereocenters. The first kappa shape index (κ1) is 15.4. The van der Waals surface area contributed by atoms with Crippen molar-refractivity contribution in [1.82, 2.24) is 5.32 Å². The van der Waals surface area contributed by atoms with Crippen molar-refractivity contribution in [3.8, 4) is 0 Å². The first-order chi connectivity index (χ1) is 10.0. The summed E-state index contributed by atoms with van der Waals surface area (Å²) in [6, 6.07) is 7.36. The Balaban J connectivity index is 2.03. The van der Waals surface area contributed by atoms with E-state index in [-0.39, 0.29) is 17.7 Å². The van der Waals surface area contributed by atoms with Crippen molar-refractivity contribution in [2.24, 2.45) is 11.8 Å². The Morgan fingerprint density at radius 2 is 2.05 bits per heavy atom. The zero-order valence-corrected chi connectivity index (χ0v) is 12.7. The van der Waals surface area contributed by atoms with Gasteiger partial charge in [-0.05, 0) is 24.0 Å². The van der Waals surface area contributed by atoms with Gasteiger partial charge in [-0.3, -0.25) is 4.79 Å². The Hall–Kier alpha value is -2.04. The SMILES string of the molecule is COC(=O)C(NC(=O)C1CNc2ccccc2C1)C(C)C. The molecule has 0 radical (unpaired) electrons. The second kappa shape index (κ2) is 6.61. The molecule has 1 aliphatic rings. The number of esters is 1. The fourth-order valence-corrected chi connectivity index (χ4v) is 2.52. The summed E-state index contributed by atoms with van der Waals surface area (Å²) in [5.41, 5.74) is 2.21. The summed E-state index contributed by atoms with van der Waals surface area (Å²) >= 11 is 0. The van der Waals surface area contributed by atoms with E-state index in [1.165, 1.54) is 7.11 Å². The average molecular weight is 290 g/mol. The molecule has 2 atom stereocenters. The molecule has 5 heteroatoms. The molecule has 1 aromatic carbocycles. The number of carbonyl (C=O) groups excluding carboxylic acids is 2. The summed E-state index contributed by atoms with van der Waals surface area (Å²) in [5.74, 6) is -0.695. The Morgan fingerprint density at radius 3 is 2.71 bits per heavy atom. The average Bonchev–Trinajstić information content (AvgIpc) is 2.50. The van der Waals surface area contributed by atoms with Crippen LogP contribution in [0.15, 0.2) is 24.3 Å². The van der Waals surface area contributed by atoms with Gasteiger partial charge >= 0.3 is 5.97 Å². The minimum Gasteiger partial charge on any atom is -0.467 e. The number of para-hydroxylation sites is 1. The number of methoxy groups -OCH3 is 1. The van der Waals surface area contributed by atoms with Crippen LogP contribution in [-0.2, 0) is 20.7 Å². The van der Waals surface area contributed by atoms with E-state index in [0.29, 0.717) is 13.0 Å². The van der Waals surface area contributed by atoms with Gasteiger partial charge in [-0.15, -0.1) is 0 Å². The summed E-state index contributed by atoms with van der Waals surface area (Å²) in [6.07, 6.45) is 0.682. The Bertz CT molecular complexity index is 528. The molecule has 0 fully saturated rings. The first-order valence-corrected chi connectivity index (χ1v) is 7.23. The molecule has 21 heavy (non-hydrogen) atoms. The highest BCUT2D eigenvalue weighted by atomic mass is 16.5. The maximum Gasteiger partial charge on any atom is 0.328 e. The van der Waals surface area contributed by atoms with Gasteiger partial charge < -0.3 is 15.4 Å². The smallest absolute Gasteiger partial charge is 0.328 e. The lowest BCUT2D eigenvalue weighted by molar-refractivity contribution is -0.146. The van der Waals surface area contributed by atoms with E-state index >= 15 is 0 Å². The minimum atomic E-state index is -0.598. The second-order valence-corrected chi connectivity index (χ2v) is 5.69. The van der Waals surface area contributed by atoms with E-state index in [2.05, 4.69) is 10.6 Å². The van der Waals surface area contributed by atoms with Crippen molar-refractivity contribution < 1.29 is 14.3 Å². The summed E-state index contributed by atoms with van der Waals surface area (Å²) < 4.78 is 4.75. The molecular formula is C16H22N2O3. The van der Waals surface area contributed by atoms with Gasteiger partial charge in [0.1, 0.15) is 6.04 Å². The molecule has 0 aromatic heterocycles. The van der Waals surface area contributed by atoms with E-state index in [0.717, 1.165) is 11.3 Å². The lowest BCUT2D eigenvalue weighted by atomic mass is 9.92. The molecule has 1 amide bonds. The molecule has 1 aromatic rings. The number of hydrogen-bond acceptors (Lipinski definition) is 4. The normalized spacial score (nSPS) is 18.4.